The molecule has 0 amide bonds. The molecule has 2 aromatic heterocycles. The minimum Gasteiger partial charge on any atom is -0.369 e. The number of hydrogen-bond acceptors (Lipinski definition) is 6. The highest BCUT2D eigenvalue weighted by atomic mass is 32.1. The summed E-state index contributed by atoms with van der Waals surface area (Å²) in [4.78, 5) is 14.1. The van der Waals surface area contributed by atoms with Crippen LogP contribution in [-0.2, 0) is 6.54 Å². The number of hydrogen-bond donors (Lipinski definition) is 2. The quantitative estimate of drug-likeness (QED) is 0.839. The van der Waals surface area contributed by atoms with Gasteiger partial charge in [-0.05, 0) is 13.3 Å². The zero-order chi connectivity index (χ0) is 12.8. The van der Waals surface area contributed by atoms with Gasteiger partial charge in [-0.1, -0.05) is 6.92 Å². The van der Waals surface area contributed by atoms with Gasteiger partial charge < -0.3 is 10.6 Å². The number of aromatic nitrogens is 3. The van der Waals surface area contributed by atoms with Crippen molar-refractivity contribution in [3.63, 3.8) is 0 Å². The van der Waals surface area contributed by atoms with Crippen LogP contribution < -0.4 is 10.6 Å². The first kappa shape index (κ1) is 12.8. The van der Waals surface area contributed by atoms with Gasteiger partial charge in [0, 0.05) is 17.6 Å². The van der Waals surface area contributed by atoms with Gasteiger partial charge >= 0.3 is 0 Å². The zero-order valence-electron chi connectivity index (χ0n) is 10.6. The lowest BCUT2D eigenvalue weighted by molar-refractivity contribution is 0.962. The predicted molar refractivity (Wildman–Crippen MR) is 75.0 cm³/mol. The van der Waals surface area contributed by atoms with Crippen LogP contribution in [0.25, 0.3) is 0 Å². The van der Waals surface area contributed by atoms with Crippen LogP contribution in [0.15, 0.2) is 18.6 Å². The molecule has 18 heavy (non-hydrogen) atoms. The maximum Gasteiger partial charge on any atom is 0.147 e. The molecule has 2 aromatic rings. The average Bonchev–Trinajstić information content (AvgIpc) is 2.80. The number of rotatable bonds is 6. The Hall–Kier alpha value is -1.69. The molecule has 0 saturated heterocycles. The second kappa shape index (κ2) is 6.30. The van der Waals surface area contributed by atoms with E-state index in [-0.39, 0.29) is 0 Å². The van der Waals surface area contributed by atoms with Gasteiger partial charge in [0.15, 0.2) is 0 Å². The van der Waals surface area contributed by atoms with Crippen molar-refractivity contribution in [2.45, 2.75) is 26.8 Å². The summed E-state index contributed by atoms with van der Waals surface area (Å²) in [6, 6.07) is 0. The molecule has 0 aliphatic carbocycles. The van der Waals surface area contributed by atoms with Crippen LogP contribution in [-0.4, -0.2) is 21.5 Å². The van der Waals surface area contributed by atoms with Crippen molar-refractivity contribution >= 4 is 23.0 Å². The summed E-state index contributed by atoms with van der Waals surface area (Å²) in [6.45, 7) is 5.76. The highest BCUT2D eigenvalue weighted by molar-refractivity contribution is 7.11. The Balaban J connectivity index is 1.92. The fraction of sp³-hybridized carbons (Fsp3) is 0.417. The number of aryl methyl sites for hydroxylation is 1. The molecular formula is C12H17N5S. The minimum absolute atomic E-state index is 0.685. The second-order valence-electron chi connectivity index (χ2n) is 3.93. The van der Waals surface area contributed by atoms with Crippen molar-refractivity contribution in [2.75, 3.05) is 17.2 Å². The Morgan fingerprint density at radius 1 is 1.17 bits per heavy atom. The van der Waals surface area contributed by atoms with E-state index in [1.54, 1.807) is 23.7 Å². The lowest BCUT2D eigenvalue weighted by atomic mass is 10.5. The number of nitrogens with one attached hydrogen (secondary N) is 2. The smallest absolute Gasteiger partial charge is 0.147 e. The molecule has 96 valence electrons. The van der Waals surface area contributed by atoms with Crippen LogP contribution in [0.1, 0.15) is 23.2 Å². The molecule has 0 radical (unpaired) electrons. The van der Waals surface area contributed by atoms with Crippen LogP contribution in [0.5, 0.6) is 0 Å². The normalized spacial score (nSPS) is 10.3. The van der Waals surface area contributed by atoms with Crippen LogP contribution in [0.3, 0.4) is 0 Å². The second-order valence-corrected chi connectivity index (χ2v) is 5.25. The Labute approximate surface area is 111 Å². The topological polar surface area (TPSA) is 62.7 Å². The summed E-state index contributed by atoms with van der Waals surface area (Å²) in [5.41, 5.74) is 0. The maximum atomic E-state index is 4.42. The van der Waals surface area contributed by atoms with Crippen LogP contribution in [0.2, 0.25) is 0 Å². The molecular weight excluding hydrogens is 246 g/mol. The van der Waals surface area contributed by atoms with Gasteiger partial charge in [-0.2, -0.15) is 0 Å². The van der Waals surface area contributed by atoms with Crippen LogP contribution >= 0.6 is 11.3 Å². The van der Waals surface area contributed by atoms with Gasteiger partial charge in [-0.25, -0.2) is 9.97 Å². The molecule has 0 atom stereocenters. The Morgan fingerprint density at radius 2 is 1.94 bits per heavy atom. The van der Waals surface area contributed by atoms with Gasteiger partial charge in [-0.15, -0.1) is 11.3 Å². The lowest BCUT2D eigenvalue weighted by Gasteiger charge is -2.06. The molecule has 0 spiro atoms. The van der Waals surface area contributed by atoms with Gasteiger partial charge in [0.1, 0.15) is 16.6 Å². The molecule has 2 heterocycles. The van der Waals surface area contributed by atoms with Crippen molar-refractivity contribution in [1.82, 2.24) is 15.0 Å². The minimum atomic E-state index is 0.685. The molecule has 0 aliphatic heterocycles. The van der Waals surface area contributed by atoms with Crippen molar-refractivity contribution in [3.8, 4) is 0 Å². The third-order valence-electron chi connectivity index (χ3n) is 2.28. The summed E-state index contributed by atoms with van der Waals surface area (Å²) in [5.74, 6) is 1.57. The molecule has 5 nitrogen and oxygen atoms in total. The molecule has 0 fully saturated rings. The molecule has 0 saturated carbocycles. The molecule has 0 unspecified atom stereocenters. The van der Waals surface area contributed by atoms with Crippen molar-refractivity contribution in [2.24, 2.45) is 0 Å². The summed E-state index contributed by atoms with van der Waals surface area (Å²) < 4.78 is 0. The molecule has 0 aliphatic rings. The third-order valence-corrected chi connectivity index (χ3v) is 3.19. The van der Waals surface area contributed by atoms with E-state index >= 15 is 0 Å². The first-order valence-electron chi connectivity index (χ1n) is 5.99. The van der Waals surface area contributed by atoms with Gasteiger partial charge in [0.2, 0.25) is 0 Å². The molecule has 0 aromatic carbocycles. The highest BCUT2D eigenvalue weighted by Gasteiger charge is 2.01. The monoisotopic (exact) mass is 263 g/mol. The van der Waals surface area contributed by atoms with Crippen LogP contribution in [0.4, 0.5) is 11.6 Å². The summed E-state index contributed by atoms with van der Waals surface area (Å²) in [7, 11) is 0. The summed E-state index contributed by atoms with van der Waals surface area (Å²) in [6.07, 6.45) is 6.40. The number of nitrogens with zero attached hydrogens (tertiary/aromatic N) is 3. The SMILES string of the molecule is CCCNc1cncc(NCc2ncc(C)s2)n1. The predicted octanol–water partition coefficient (Wildman–Crippen LogP) is 2.68. The zero-order valence-corrected chi connectivity index (χ0v) is 11.4. The van der Waals surface area contributed by atoms with E-state index < -0.39 is 0 Å². The van der Waals surface area contributed by atoms with E-state index in [1.807, 2.05) is 6.20 Å². The van der Waals surface area contributed by atoms with Gasteiger partial charge in [0.25, 0.3) is 0 Å². The Kier molecular flexibility index (Phi) is 4.46. The van der Waals surface area contributed by atoms with E-state index in [9.17, 15) is 0 Å². The van der Waals surface area contributed by atoms with Crippen molar-refractivity contribution in [3.05, 3.63) is 28.5 Å². The molecule has 0 bridgehead atoms. The largest absolute Gasteiger partial charge is 0.369 e. The number of anilines is 2. The Bertz CT molecular complexity index is 497. The van der Waals surface area contributed by atoms with Crippen molar-refractivity contribution < 1.29 is 0 Å². The van der Waals surface area contributed by atoms with Gasteiger partial charge in [-0.3, -0.25) is 4.98 Å². The van der Waals surface area contributed by atoms with E-state index in [0.717, 1.165) is 29.6 Å². The average molecular weight is 263 g/mol. The lowest BCUT2D eigenvalue weighted by Crippen LogP contribution is -2.06. The fourth-order valence-electron chi connectivity index (χ4n) is 1.44. The fourth-order valence-corrected chi connectivity index (χ4v) is 2.17. The van der Waals surface area contributed by atoms with Crippen LogP contribution in [0, 0.1) is 6.92 Å². The summed E-state index contributed by atoms with van der Waals surface area (Å²) >= 11 is 1.69. The Morgan fingerprint density at radius 3 is 2.61 bits per heavy atom. The molecule has 2 rings (SSSR count). The van der Waals surface area contributed by atoms with Gasteiger partial charge in [0.05, 0.1) is 18.9 Å². The molecule has 6 heteroatoms. The first-order chi connectivity index (χ1) is 8.78. The standard InChI is InChI=1S/C12H17N5S/c1-3-4-14-10-6-13-7-11(17-10)15-8-12-16-5-9(2)18-12/h5-7H,3-4,8H2,1-2H3,(H2,14,15,17). The number of thiazole rings is 1. The van der Waals surface area contributed by atoms with E-state index in [2.05, 4.69) is 39.4 Å². The summed E-state index contributed by atoms with van der Waals surface area (Å²) in [5, 5.41) is 7.49. The first-order valence-corrected chi connectivity index (χ1v) is 6.80. The van der Waals surface area contributed by atoms with E-state index in [1.165, 1.54) is 4.88 Å². The highest BCUT2D eigenvalue weighted by Crippen LogP contribution is 2.13. The van der Waals surface area contributed by atoms with E-state index in [4.69, 9.17) is 0 Å². The third kappa shape index (κ3) is 3.66. The molecule has 2 N–H and O–H groups in total. The van der Waals surface area contributed by atoms with Crippen molar-refractivity contribution in [1.29, 1.82) is 0 Å². The maximum absolute atomic E-state index is 4.42. The van der Waals surface area contributed by atoms with E-state index in [0.29, 0.717) is 6.54 Å².